The quantitative estimate of drug-likeness (QED) is 0.423. The molecule has 1 aliphatic heterocycles. The minimum Gasteiger partial charge on any atom is -0.482 e. The molecule has 1 aliphatic rings. The van der Waals surface area contributed by atoms with Crippen LogP contribution in [0.4, 0.5) is 14.6 Å². The van der Waals surface area contributed by atoms with Crippen molar-refractivity contribution in [2.75, 3.05) is 5.73 Å². The summed E-state index contributed by atoms with van der Waals surface area (Å²) in [5.41, 5.74) is 6.80. The molecule has 4 heterocycles. The molecule has 168 valence electrons. The summed E-state index contributed by atoms with van der Waals surface area (Å²) in [5, 5.41) is 13.9. The summed E-state index contributed by atoms with van der Waals surface area (Å²) in [6, 6.07) is 8.40. The first kappa shape index (κ1) is 21.2. The van der Waals surface area contributed by atoms with E-state index in [0.717, 1.165) is 12.1 Å². The first-order valence-corrected chi connectivity index (χ1v) is 10.2. The average Bonchev–Trinajstić information content (AvgIpc) is 3.15. The molecule has 0 saturated carbocycles. The van der Waals surface area contributed by atoms with Gasteiger partial charge in [0.15, 0.2) is 17.3 Å². The molecule has 0 fully saturated rings. The van der Waals surface area contributed by atoms with Gasteiger partial charge in [-0.15, -0.1) is 0 Å². The number of benzene rings is 1. The SMILES string of the molecule is C[C@H]1Oc2cc(cnc2N)-c2c(C#N)nn(C)c2C(=O)c2cccnc2-c2c(F)cc(F)cc21. The van der Waals surface area contributed by atoms with Gasteiger partial charge < -0.3 is 10.5 Å². The van der Waals surface area contributed by atoms with Crippen LogP contribution in [0.1, 0.15) is 40.3 Å². The highest BCUT2D eigenvalue weighted by atomic mass is 19.1. The number of anilines is 1. The molecule has 2 N–H and O–H groups in total. The Morgan fingerprint density at radius 1 is 1.21 bits per heavy atom. The number of hydrogen-bond acceptors (Lipinski definition) is 7. The number of aromatic nitrogens is 4. The predicted octanol–water partition coefficient (Wildman–Crippen LogP) is 3.96. The van der Waals surface area contributed by atoms with E-state index in [0.29, 0.717) is 5.56 Å². The summed E-state index contributed by atoms with van der Waals surface area (Å²) in [4.78, 5) is 22.3. The van der Waals surface area contributed by atoms with Crippen LogP contribution in [0.5, 0.6) is 5.75 Å². The minimum absolute atomic E-state index is 0.00688. The van der Waals surface area contributed by atoms with Gasteiger partial charge in [-0.2, -0.15) is 10.4 Å². The first-order chi connectivity index (χ1) is 16.3. The number of carbonyl (C=O) groups is 1. The van der Waals surface area contributed by atoms with Crippen LogP contribution in [0.3, 0.4) is 0 Å². The molecular weight excluding hydrogens is 442 g/mol. The number of hydrogen-bond donors (Lipinski definition) is 1. The van der Waals surface area contributed by atoms with E-state index in [1.165, 1.54) is 42.3 Å². The van der Waals surface area contributed by atoms with E-state index >= 15 is 4.39 Å². The van der Waals surface area contributed by atoms with Crippen molar-refractivity contribution in [3.63, 3.8) is 0 Å². The van der Waals surface area contributed by atoms with Crippen molar-refractivity contribution in [2.45, 2.75) is 13.0 Å². The number of nitriles is 1. The number of nitrogen functional groups attached to an aromatic ring is 1. The molecule has 1 atom stereocenters. The maximum atomic E-state index is 15.2. The lowest BCUT2D eigenvalue weighted by Crippen LogP contribution is -2.15. The Morgan fingerprint density at radius 2 is 2.00 bits per heavy atom. The lowest BCUT2D eigenvalue weighted by atomic mass is 9.92. The summed E-state index contributed by atoms with van der Waals surface area (Å²) in [6.07, 6.45) is 1.92. The largest absolute Gasteiger partial charge is 0.482 e. The third-order valence-corrected chi connectivity index (χ3v) is 5.65. The molecule has 0 aliphatic carbocycles. The van der Waals surface area contributed by atoms with E-state index in [1.807, 2.05) is 6.07 Å². The van der Waals surface area contributed by atoms with E-state index < -0.39 is 23.5 Å². The summed E-state index contributed by atoms with van der Waals surface area (Å²) < 4.78 is 36.8. The van der Waals surface area contributed by atoms with Crippen molar-refractivity contribution in [2.24, 2.45) is 7.05 Å². The number of nitrogens with two attached hydrogens (primary N) is 1. The topological polar surface area (TPSA) is 120 Å². The van der Waals surface area contributed by atoms with Crippen LogP contribution in [-0.4, -0.2) is 25.5 Å². The number of ketones is 1. The van der Waals surface area contributed by atoms with Crippen LogP contribution in [0.2, 0.25) is 0 Å². The molecule has 0 saturated heterocycles. The number of halogens is 2. The van der Waals surface area contributed by atoms with Crippen molar-refractivity contribution in [1.82, 2.24) is 19.7 Å². The molecule has 0 radical (unpaired) electrons. The number of aryl methyl sites for hydroxylation is 1. The molecule has 8 nitrogen and oxygen atoms in total. The zero-order valence-corrected chi connectivity index (χ0v) is 18.0. The van der Waals surface area contributed by atoms with Crippen molar-refractivity contribution in [3.05, 3.63) is 76.9 Å². The second-order valence-corrected chi connectivity index (χ2v) is 7.76. The summed E-state index contributed by atoms with van der Waals surface area (Å²) in [5.74, 6) is -2.11. The van der Waals surface area contributed by atoms with Crippen LogP contribution in [0.25, 0.3) is 22.4 Å². The molecule has 3 aromatic heterocycles. The second kappa shape index (κ2) is 7.74. The van der Waals surface area contributed by atoms with Gasteiger partial charge in [0, 0.05) is 42.2 Å². The Balaban J connectivity index is 1.93. The van der Waals surface area contributed by atoms with Crippen molar-refractivity contribution < 1.29 is 18.3 Å². The van der Waals surface area contributed by atoms with Crippen molar-refractivity contribution >= 4 is 11.6 Å². The summed E-state index contributed by atoms with van der Waals surface area (Å²) in [7, 11) is 1.52. The minimum atomic E-state index is -0.905. The predicted molar refractivity (Wildman–Crippen MR) is 118 cm³/mol. The monoisotopic (exact) mass is 458 g/mol. The van der Waals surface area contributed by atoms with Gasteiger partial charge in [-0.25, -0.2) is 13.8 Å². The highest BCUT2D eigenvalue weighted by molar-refractivity contribution is 6.15. The smallest absolute Gasteiger partial charge is 0.213 e. The van der Waals surface area contributed by atoms with Gasteiger partial charge in [-0.05, 0) is 31.2 Å². The summed E-state index contributed by atoms with van der Waals surface area (Å²) >= 11 is 0. The van der Waals surface area contributed by atoms with E-state index in [9.17, 15) is 14.4 Å². The maximum absolute atomic E-state index is 15.2. The molecule has 4 aromatic rings. The fourth-order valence-corrected chi connectivity index (χ4v) is 4.16. The molecule has 34 heavy (non-hydrogen) atoms. The maximum Gasteiger partial charge on any atom is 0.213 e. The fourth-order valence-electron chi connectivity index (χ4n) is 4.16. The van der Waals surface area contributed by atoms with Crippen LogP contribution in [-0.2, 0) is 7.05 Å². The number of pyridine rings is 2. The third kappa shape index (κ3) is 3.17. The summed E-state index contributed by atoms with van der Waals surface area (Å²) in [6.45, 7) is 1.59. The number of nitrogens with zero attached hydrogens (tertiary/aromatic N) is 5. The van der Waals surface area contributed by atoms with Gasteiger partial charge in [-0.1, -0.05) is 0 Å². The number of ether oxygens (including phenoxy) is 1. The Morgan fingerprint density at radius 3 is 2.76 bits per heavy atom. The third-order valence-electron chi connectivity index (χ3n) is 5.65. The van der Waals surface area contributed by atoms with E-state index in [-0.39, 0.29) is 50.9 Å². The van der Waals surface area contributed by atoms with Gasteiger partial charge in [0.25, 0.3) is 0 Å². The van der Waals surface area contributed by atoms with Gasteiger partial charge in [0.05, 0.1) is 16.8 Å². The highest BCUT2D eigenvalue weighted by Crippen LogP contribution is 2.40. The Labute approximate surface area is 192 Å². The van der Waals surface area contributed by atoms with Crippen molar-refractivity contribution in [1.29, 1.82) is 5.26 Å². The van der Waals surface area contributed by atoms with Crippen LogP contribution in [0, 0.1) is 23.0 Å². The van der Waals surface area contributed by atoms with Gasteiger partial charge in [0.2, 0.25) is 5.78 Å². The van der Waals surface area contributed by atoms with E-state index in [4.69, 9.17) is 10.5 Å². The number of fused-ring (bicyclic) bond motifs is 7. The fraction of sp³-hybridized carbons (Fsp3) is 0.125. The average molecular weight is 458 g/mol. The number of rotatable bonds is 0. The lowest BCUT2D eigenvalue weighted by molar-refractivity contribution is 0.103. The molecular formula is C24H16F2N6O2. The molecule has 5 rings (SSSR count). The normalized spacial score (nSPS) is 14.6. The van der Waals surface area contributed by atoms with Crippen LogP contribution < -0.4 is 10.5 Å². The standard InChI is InChI=1S/C24H16F2N6O2/c1-11-15-7-13(25)8-16(26)20(15)21-14(4-3-5-29-21)23(33)22-19(17(9-27)31-32(22)2)12-6-18(34-11)24(28)30-10-12/h3-8,10-11H,1-2H3,(H2,28,30)/t11-/m1/s1. The first-order valence-electron chi connectivity index (χ1n) is 10.2. The molecule has 0 unspecified atom stereocenters. The van der Waals surface area contributed by atoms with Crippen molar-refractivity contribution in [3.8, 4) is 34.2 Å². The van der Waals surface area contributed by atoms with Gasteiger partial charge >= 0.3 is 0 Å². The number of carbonyl (C=O) groups excluding carboxylic acids is 1. The second-order valence-electron chi connectivity index (χ2n) is 7.76. The zero-order chi connectivity index (χ0) is 24.1. The molecule has 0 amide bonds. The van der Waals surface area contributed by atoms with E-state index in [2.05, 4.69) is 15.1 Å². The molecule has 1 aromatic carbocycles. The zero-order valence-electron chi connectivity index (χ0n) is 18.0. The molecule has 0 spiro atoms. The Hall–Kier alpha value is -4.65. The Bertz CT molecular complexity index is 1540. The van der Waals surface area contributed by atoms with Gasteiger partial charge in [0.1, 0.15) is 29.5 Å². The van der Waals surface area contributed by atoms with E-state index in [1.54, 1.807) is 6.92 Å². The van der Waals surface area contributed by atoms with Crippen LogP contribution in [0.15, 0.2) is 42.7 Å². The van der Waals surface area contributed by atoms with Gasteiger partial charge in [-0.3, -0.25) is 14.5 Å². The lowest BCUT2D eigenvalue weighted by Gasteiger charge is -2.22. The molecule has 2 bridgehead atoms. The highest BCUT2D eigenvalue weighted by Gasteiger charge is 2.31. The van der Waals surface area contributed by atoms with Crippen LogP contribution >= 0.6 is 0 Å². The Kier molecular flexibility index (Phi) is 4.83. The molecule has 10 heteroatoms.